The number of aromatic nitrogens is 2. The Morgan fingerprint density at radius 1 is 1.18 bits per heavy atom. The van der Waals surface area contributed by atoms with E-state index in [1.807, 2.05) is 24.5 Å². The minimum absolute atomic E-state index is 0.0358. The number of rotatable bonds is 7. The maximum Gasteiger partial charge on any atom is 0.319 e. The summed E-state index contributed by atoms with van der Waals surface area (Å²) in [5, 5.41) is 5.79. The number of fused-ring (bicyclic) bond motifs is 3. The number of halogens is 1. The van der Waals surface area contributed by atoms with Gasteiger partial charge in [0.05, 0.1) is 24.4 Å². The van der Waals surface area contributed by atoms with E-state index in [4.69, 9.17) is 26.1 Å². The first kappa shape index (κ1) is 34.5. The summed E-state index contributed by atoms with van der Waals surface area (Å²) >= 11 is 8.17. The number of allylic oxidation sites excluding steroid dienone is 1. The molecule has 4 heterocycles. The molecule has 0 spiro atoms. The Kier molecular flexibility index (Phi) is 9.18. The molecule has 3 fully saturated rings. The van der Waals surface area contributed by atoms with Crippen molar-refractivity contribution in [2.24, 2.45) is 5.92 Å². The fourth-order valence-electron chi connectivity index (χ4n) is 6.73. The Morgan fingerprint density at radius 3 is 2.70 bits per heavy atom. The quantitative estimate of drug-likeness (QED) is 0.334. The van der Waals surface area contributed by atoms with Crippen molar-refractivity contribution in [2.45, 2.75) is 74.8 Å². The van der Waals surface area contributed by atoms with Crippen molar-refractivity contribution in [1.82, 2.24) is 29.8 Å². The van der Waals surface area contributed by atoms with E-state index < -0.39 is 44.9 Å². The molecule has 16 heteroatoms. The van der Waals surface area contributed by atoms with Crippen molar-refractivity contribution in [3.63, 3.8) is 0 Å². The number of thiazole rings is 1. The lowest BCUT2D eigenvalue weighted by atomic mass is 10.1. The van der Waals surface area contributed by atoms with Gasteiger partial charge in [0, 0.05) is 48.5 Å². The molecule has 2 N–H and O–H groups in total. The summed E-state index contributed by atoms with van der Waals surface area (Å²) in [6, 6.07) is 3.79. The number of nitrogens with one attached hydrogen (secondary N) is 2. The third kappa shape index (κ3) is 6.62. The van der Waals surface area contributed by atoms with Crippen molar-refractivity contribution in [3.8, 4) is 22.2 Å². The molecule has 2 aliphatic heterocycles. The SMILES string of the molecule is COc1ccc2c(O[C@H]3C[C@H]4C(=O)N(C)CCCC/C=C\[C@@H]5C[C@@]5(C(=O)NS(=O)(=O)C5CC5)NC(=O)N4C3)cc(-c3nc(C)cs3)nc2c1Cl. The van der Waals surface area contributed by atoms with E-state index in [1.54, 1.807) is 30.1 Å². The van der Waals surface area contributed by atoms with Crippen LogP contribution in [0.15, 0.2) is 35.7 Å². The van der Waals surface area contributed by atoms with Gasteiger partial charge < -0.3 is 24.6 Å². The molecule has 50 heavy (non-hydrogen) atoms. The van der Waals surface area contributed by atoms with E-state index in [-0.39, 0.29) is 31.2 Å². The average Bonchev–Trinajstić information content (AvgIpc) is 3.97. The maximum absolute atomic E-state index is 14.1. The van der Waals surface area contributed by atoms with Gasteiger partial charge in [-0.3, -0.25) is 14.3 Å². The van der Waals surface area contributed by atoms with Gasteiger partial charge in [0.2, 0.25) is 15.9 Å². The van der Waals surface area contributed by atoms with Crippen molar-refractivity contribution < 1.29 is 32.3 Å². The molecule has 7 rings (SSSR count). The molecule has 4 amide bonds. The molecule has 3 aromatic rings. The van der Waals surface area contributed by atoms with Crippen LogP contribution in [0.1, 0.15) is 50.6 Å². The lowest BCUT2D eigenvalue weighted by Gasteiger charge is -2.30. The topological polar surface area (TPSA) is 160 Å². The fraction of sp³-hybridized carbons (Fsp3) is 0.500. The summed E-state index contributed by atoms with van der Waals surface area (Å²) < 4.78 is 39.8. The zero-order valence-electron chi connectivity index (χ0n) is 28.0. The van der Waals surface area contributed by atoms with E-state index in [9.17, 15) is 22.8 Å². The van der Waals surface area contributed by atoms with Crippen LogP contribution < -0.4 is 19.5 Å². The fourth-order valence-corrected chi connectivity index (χ4v) is 9.13. The van der Waals surface area contributed by atoms with Crippen molar-refractivity contribution in [2.75, 3.05) is 27.2 Å². The number of hydrogen-bond acceptors (Lipinski definition) is 10. The molecule has 4 atom stereocenters. The summed E-state index contributed by atoms with van der Waals surface area (Å²) in [4.78, 5) is 54.0. The Hall–Kier alpha value is -3.95. The normalized spacial score (nSPS) is 26.4. The number of nitrogens with zero attached hydrogens (tertiary/aromatic N) is 4. The third-order valence-electron chi connectivity index (χ3n) is 9.81. The van der Waals surface area contributed by atoms with Crippen LogP contribution in [-0.2, 0) is 19.6 Å². The molecule has 4 aliphatic rings. The number of hydrogen-bond donors (Lipinski definition) is 2. The second-order valence-corrected chi connectivity index (χ2v) is 16.7. The number of pyridine rings is 1. The Balaban J connectivity index is 1.21. The average molecular weight is 743 g/mol. The highest BCUT2D eigenvalue weighted by Crippen LogP contribution is 2.46. The molecule has 266 valence electrons. The number of benzene rings is 1. The van der Waals surface area contributed by atoms with E-state index >= 15 is 0 Å². The second kappa shape index (κ2) is 13.3. The van der Waals surface area contributed by atoms with Crippen LogP contribution in [-0.4, -0.2) is 96.2 Å². The van der Waals surface area contributed by atoms with Crippen molar-refractivity contribution in [3.05, 3.63) is 46.4 Å². The van der Waals surface area contributed by atoms with Crippen LogP contribution in [0.25, 0.3) is 21.6 Å². The first-order valence-corrected chi connectivity index (χ1v) is 19.5. The molecule has 1 aromatic carbocycles. The van der Waals surface area contributed by atoms with Gasteiger partial charge in [-0.2, -0.15) is 0 Å². The van der Waals surface area contributed by atoms with Gasteiger partial charge in [-0.05, 0) is 57.6 Å². The number of ether oxygens (including phenoxy) is 2. The number of urea groups is 1. The minimum Gasteiger partial charge on any atom is -0.495 e. The molecule has 0 unspecified atom stereocenters. The predicted octanol–water partition coefficient (Wildman–Crippen LogP) is 4.43. The number of carbonyl (C=O) groups is 3. The number of amides is 4. The molecule has 0 radical (unpaired) electrons. The molecule has 2 aliphatic carbocycles. The van der Waals surface area contributed by atoms with Gasteiger partial charge in [0.25, 0.3) is 5.91 Å². The number of likely N-dealkylation sites (N-methyl/N-ethyl adjacent to an activating group) is 1. The summed E-state index contributed by atoms with van der Waals surface area (Å²) in [5.74, 6) is -0.483. The summed E-state index contributed by atoms with van der Waals surface area (Å²) in [6.45, 7) is 2.45. The van der Waals surface area contributed by atoms with Crippen LogP contribution in [0.3, 0.4) is 0 Å². The molecule has 13 nitrogen and oxygen atoms in total. The standard InChI is InChI=1S/C34H39ClN6O7S2/c1-19-18-49-30(36-19)24-15-27(23-11-12-26(47-3)28(35)29(23)37-24)48-21-14-25-31(42)40(2)13-7-5-4-6-8-20-16-34(20,38-33(44)41(25)17-21)32(43)39-50(45,46)22-9-10-22/h6,8,11-12,15,18,20-22,25H,4-5,7,9-10,13-14,16-17H2,1-3H3,(H,38,44)(H,39,43)/b8-6-/t20-,21+,25+,34-/m1/s1. The highest BCUT2D eigenvalue weighted by Gasteiger charge is 2.62. The van der Waals surface area contributed by atoms with Gasteiger partial charge in [-0.1, -0.05) is 23.8 Å². The number of aryl methyl sites for hydroxylation is 1. The van der Waals surface area contributed by atoms with Gasteiger partial charge in [-0.15, -0.1) is 11.3 Å². The number of carbonyl (C=O) groups excluding carboxylic acids is 3. The number of sulfonamides is 1. The zero-order valence-corrected chi connectivity index (χ0v) is 30.4. The largest absolute Gasteiger partial charge is 0.495 e. The minimum atomic E-state index is -3.85. The number of methoxy groups -OCH3 is 1. The first-order chi connectivity index (χ1) is 23.9. The third-order valence-corrected chi connectivity index (χ3v) is 13.0. The van der Waals surface area contributed by atoms with Gasteiger partial charge in [0.15, 0.2) is 0 Å². The van der Waals surface area contributed by atoms with Crippen LogP contribution in [0, 0.1) is 12.8 Å². The van der Waals surface area contributed by atoms with E-state index in [0.717, 1.165) is 25.0 Å². The summed E-state index contributed by atoms with van der Waals surface area (Å²) in [7, 11) is -0.604. The molecule has 0 bridgehead atoms. The van der Waals surface area contributed by atoms with Crippen LogP contribution in [0.2, 0.25) is 5.02 Å². The highest BCUT2D eigenvalue weighted by molar-refractivity contribution is 7.91. The lowest BCUT2D eigenvalue weighted by Crippen LogP contribution is -2.57. The molecular formula is C34H39ClN6O7S2. The molecule has 2 aromatic heterocycles. The Morgan fingerprint density at radius 2 is 1.98 bits per heavy atom. The van der Waals surface area contributed by atoms with E-state index in [0.29, 0.717) is 57.5 Å². The van der Waals surface area contributed by atoms with Gasteiger partial charge >= 0.3 is 6.03 Å². The first-order valence-electron chi connectivity index (χ1n) is 16.7. The monoisotopic (exact) mass is 742 g/mol. The van der Waals surface area contributed by atoms with E-state index in [1.165, 1.54) is 23.3 Å². The second-order valence-electron chi connectivity index (χ2n) is 13.5. The Labute approximate surface area is 299 Å². The lowest BCUT2D eigenvalue weighted by molar-refractivity contribution is -0.134. The Bertz CT molecular complexity index is 2000. The van der Waals surface area contributed by atoms with Crippen molar-refractivity contribution in [1.29, 1.82) is 0 Å². The smallest absolute Gasteiger partial charge is 0.319 e. The zero-order chi connectivity index (χ0) is 35.4. The van der Waals surface area contributed by atoms with Gasteiger partial charge in [-0.25, -0.2) is 23.2 Å². The van der Waals surface area contributed by atoms with Crippen LogP contribution in [0.4, 0.5) is 4.79 Å². The predicted molar refractivity (Wildman–Crippen MR) is 189 cm³/mol. The maximum atomic E-state index is 14.1. The van der Waals surface area contributed by atoms with E-state index in [2.05, 4.69) is 15.0 Å². The summed E-state index contributed by atoms with van der Waals surface area (Å²) in [6.07, 6.45) is 6.96. The van der Waals surface area contributed by atoms with Gasteiger partial charge in [0.1, 0.15) is 44.9 Å². The molecular weight excluding hydrogens is 704 g/mol. The molecule has 2 saturated carbocycles. The highest BCUT2D eigenvalue weighted by atomic mass is 35.5. The van der Waals surface area contributed by atoms with Crippen LogP contribution >= 0.6 is 22.9 Å². The van der Waals surface area contributed by atoms with Crippen molar-refractivity contribution >= 4 is 61.7 Å². The van der Waals surface area contributed by atoms with Crippen LogP contribution in [0.5, 0.6) is 11.5 Å². The summed E-state index contributed by atoms with van der Waals surface area (Å²) in [5.41, 5.74) is 0.400. The molecule has 1 saturated heterocycles.